The molecule has 11 heteroatoms. The van der Waals surface area contributed by atoms with Gasteiger partial charge in [0.25, 0.3) is 0 Å². The summed E-state index contributed by atoms with van der Waals surface area (Å²) in [6.45, 7) is 4.38. The number of sulfonamides is 1. The third-order valence-electron chi connectivity index (χ3n) is 6.20. The van der Waals surface area contributed by atoms with Gasteiger partial charge in [-0.15, -0.1) is 0 Å². The first-order valence-electron chi connectivity index (χ1n) is 9.44. The number of aryl methyl sites for hydroxylation is 2. The molecule has 4 heterocycles. The van der Waals surface area contributed by atoms with E-state index in [1.807, 2.05) is 0 Å². The van der Waals surface area contributed by atoms with E-state index in [9.17, 15) is 18.0 Å². The molecule has 5 rings (SSSR count). The standard InChI is InChI=1S/C17H22N4O6S/c1-10-14(11(2)27-18-10)28(24,25)20-5-6-21-13(7-20)17(26-16(21)23)8-19(9-17)15(22)12-3-4-12/h12-13H,3-9H2,1-2H3. The van der Waals surface area contributed by atoms with E-state index in [0.29, 0.717) is 18.8 Å². The summed E-state index contributed by atoms with van der Waals surface area (Å²) in [5.74, 6) is 0.461. The molecule has 4 aliphatic rings. The van der Waals surface area contributed by atoms with E-state index in [4.69, 9.17) is 9.26 Å². The Balaban J connectivity index is 1.38. The molecule has 0 N–H and O–H groups in total. The van der Waals surface area contributed by atoms with Crippen LogP contribution in [0.5, 0.6) is 0 Å². The molecule has 0 bridgehead atoms. The van der Waals surface area contributed by atoms with Crippen molar-refractivity contribution in [2.45, 2.75) is 43.2 Å². The van der Waals surface area contributed by atoms with E-state index < -0.39 is 27.8 Å². The van der Waals surface area contributed by atoms with Gasteiger partial charge in [-0.1, -0.05) is 5.16 Å². The molecule has 1 aliphatic carbocycles. The minimum atomic E-state index is -3.80. The Morgan fingerprint density at radius 2 is 1.93 bits per heavy atom. The predicted octanol–water partition coefficient (Wildman–Crippen LogP) is 0.108. The third-order valence-corrected chi connectivity index (χ3v) is 8.31. The van der Waals surface area contributed by atoms with Crippen LogP contribution in [0, 0.1) is 19.8 Å². The van der Waals surface area contributed by atoms with Crippen LogP contribution in [-0.2, 0) is 19.6 Å². The number of hydrogen-bond donors (Lipinski definition) is 0. The predicted molar refractivity (Wildman–Crippen MR) is 93.7 cm³/mol. The van der Waals surface area contributed by atoms with Gasteiger partial charge in [0.15, 0.2) is 11.4 Å². The molecule has 3 aliphatic heterocycles. The van der Waals surface area contributed by atoms with Gasteiger partial charge in [-0.2, -0.15) is 4.31 Å². The molecular weight excluding hydrogens is 388 g/mol. The fraction of sp³-hybridized carbons (Fsp3) is 0.706. The summed E-state index contributed by atoms with van der Waals surface area (Å²) >= 11 is 0. The van der Waals surface area contributed by atoms with Gasteiger partial charge in [-0.25, -0.2) is 13.2 Å². The quantitative estimate of drug-likeness (QED) is 0.695. The lowest BCUT2D eigenvalue weighted by molar-refractivity contribution is -0.156. The van der Waals surface area contributed by atoms with Gasteiger partial charge in [0.1, 0.15) is 10.6 Å². The van der Waals surface area contributed by atoms with Crippen LogP contribution in [0.1, 0.15) is 24.3 Å². The van der Waals surface area contributed by atoms with Crippen LogP contribution in [0.2, 0.25) is 0 Å². The van der Waals surface area contributed by atoms with Gasteiger partial charge in [-0.3, -0.25) is 9.69 Å². The summed E-state index contributed by atoms with van der Waals surface area (Å²) in [7, 11) is -3.80. The zero-order valence-electron chi connectivity index (χ0n) is 15.8. The molecule has 1 unspecified atom stereocenters. The van der Waals surface area contributed by atoms with Crippen LogP contribution in [0.3, 0.4) is 0 Å². The van der Waals surface area contributed by atoms with Gasteiger partial charge in [0, 0.05) is 25.6 Å². The number of rotatable bonds is 3. The summed E-state index contributed by atoms with van der Waals surface area (Å²) in [5.41, 5.74) is -0.507. The van der Waals surface area contributed by atoms with Crippen LogP contribution < -0.4 is 0 Å². The lowest BCUT2D eigenvalue weighted by atomic mass is 9.84. The largest absolute Gasteiger partial charge is 0.437 e. The summed E-state index contributed by atoms with van der Waals surface area (Å²) in [5, 5.41) is 3.75. The molecule has 0 aromatic carbocycles. The molecule has 1 aromatic rings. The van der Waals surface area contributed by atoms with Gasteiger partial charge in [0.05, 0.1) is 19.1 Å². The van der Waals surface area contributed by atoms with Crippen LogP contribution in [-0.4, -0.2) is 84.0 Å². The van der Waals surface area contributed by atoms with Gasteiger partial charge in [0.2, 0.25) is 15.9 Å². The van der Waals surface area contributed by atoms with Gasteiger partial charge in [-0.05, 0) is 26.7 Å². The minimum Gasteiger partial charge on any atom is -0.437 e. The molecular formula is C17H22N4O6S. The average molecular weight is 410 g/mol. The number of piperazine rings is 1. The van der Waals surface area contributed by atoms with Crippen molar-refractivity contribution in [3.63, 3.8) is 0 Å². The number of nitrogens with zero attached hydrogens (tertiary/aromatic N) is 4. The van der Waals surface area contributed by atoms with Gasteiger partial charge < -0.3 is 14.2 Å². The second-order valence-electron chi connectivity index (χ2n) is 8.13. The molecule has 2 amide bonds. The summed E-state index contributed by atoms with van der Waals surface area (Å²) in [6, 6.07) is -0.410. The van der Waals surface area contributed by atoms with Crippen molar-refractivity contribution in [2.75, 3.05) is 32.7 Å². The highest BCUT2D eigenvalue weighted by atomic mass is 32.2. The number of aromatic nitrogens is 1. The summed E-state index contributed by atoms with van der Waals surface area (Å²) < 4.78 is 38.4. The normalized spacial score (nSPS) is 26.9. The summed E-state index contributed by atoms with van der Waals surface area (Å²) in [6.07, 6.45) is 1.40. The van der Waals surface area contributed by atoms with Crippen molar-refractivity contribution in [1.29, 1.82) is 0 Å². The topological polar surface area (TPSA) is 113 Å². The van der Waals surface area contributed by atoms with Crippen LogP contribution in [0.4, 0.5) is 4.79 Å². The number of fused-ring (bicyclic) bond motifs is 2. The molecule has 1 spiro atoms. The van der Waals surface area contributed by atoms with E-state index in [2.05, 4.69) is 5.16 Å². The number of amides is 2. The minimum absolute atomic E-state index is 0.0828. The second-order valence-corrected chi connectivity index (χ2v) is 10.0. The zero-order valence-corrected chi connectivity index (χ0v) is 16.6. The number of ether oxygens (including phenoxy) is 1. The molecule has 1 atom stereocenters. The monoisotopic (exact) mass is 410 g/mol. The Morgan fingerprint density at radius 1 is 1.21 bits per heavy atom. The lowest BCUT2D eigenvalue weighted by Crippen LogP contribution is -2.72. The smallest absolute Gasteiger partial charge is 0.411 e. The average Bonchev–Trinajstić information content (AvgIpc) is 3.35. The highest BCUT2D eigenvalue weighted by molar-refractivity contribution is 7.89. The van der Waals surface area contributed by atoms with Crippen LogP contribution >= 0.6 is 0 Å². The highest BCUT2D eigenvalue weighted by Gasteiger charge is 2.64. The lowest BCUT2D eigenvalue weighted by Gasteiger charge is -2.51. The number of likely N-dealkylation sites (tertiary alicyclic amines) is 1. The molecule has 4 fully saturated rings. The van der Waals surface area contributed by atoms with Crippen molar-refractivity contribution in [3.8, 4) is 0 Å². The van der Waals surface area contributed by atoms with E-state index in [-0.39, 0.29) is 42.1 Å². The summed E-state index contributed by atoms with van der Waals surface area (Å²) in [4.78, 5) is 28.0. The zero-order chi connectivity index (χ0) is 19.8. The molecule has 152 valence electrons. The second kappa shape index (κ2) is 5.69. The maximum absolute atomic E-state index is 13.2. The van der Waals surface area contributed by atoms with Crippen molar-refractivity contribution in [1.82, 2.24) is 19.3 Å². The molecule has 0 radical (unpaired) electrons. The highest BCUT2D eigenvalue weighted by Crippen LogP contribution is 2.43. The molecule has 28 heavy (non-hydrogen) atoms. The molecule has 3 saturated heterocycles. The Labute approximate surface area is 162 Å². The van der Waals surface area contributed by atoms with E-state index >= 15 is 0 Å². The maximum atomic E-state index is 13.2. The Bertz CT molecular complexity index is 943. The molecule has 10 nitrogen and oxygen atoms in total. The van der Waals surface area contributed by atoms with Crippen molar-refractivity contribution >= 4 is 22.0 Å². The number of carbonyl (C=O) groups is 2. The first-order valence-corrected chi connectivity index (χ1v) is 10.9. The maximum Gasteiger partial charge on any atom is 0.411 e. The number of hydrogen-bond acceptors (Lipinski definition) is 7. The Hall–Kier alpha value is -2.14. The van der Waals surface area contributed by atoms with Crippen LogP contribution in [0.15, 0.2) is 9.42 Å². The van der Waals surface area contributed by atoms with Gasteiger partial charge >= 0.3 is 6.09 Å². The van der Waals surface area contributed by atoms with E-state index in [1.54, 1.807) is 23.6 Å². The van der Waals surface area contributed by atoms with Crippen LogP contribution in [0.25, 0.3) is 0 Å². The Morgan fingerprint density at radius 3 is 2.54 bits per heavy atom. The number of carbonyl (C=O) groups excluding carboxylic acids is 2. The van der Waals surface area contributed by atoms with Crippen molar-refractivity contribution in [3.05, 3.63) is 11.5 Å². The van der Waals surface area contributed by atoms with Crippen molar-refractivity contribution in [2.24, 2.45) is 5.92 Å². The van der Waals surface area contributed by atoms with E-state index in [0.717, 1.165) is 12.8 Å². The van der Waals surface area contributed by atoms with E-state index in [1.165, 1.54) is 4.31 Å². The fourth-order valence-corrected chi connectivity index (χ4v) is 6.27. The molecule has 1 saturated carbocycles. The fourth-order valence-electron chi connectivity index (χ4n) is 4.54. The SMILES string of the molecule is Cc1noc(C)c1S(=O)(=O)N1CCN2C(=O)OC3(CN(C(=O)C4CC4)C3)C2C1. The first kappa shape index (κ1) is 17.9. The third kappa shape index (κ3) is 2.41. The van der Waals surface area contributed by atoms with Crippen molar-refractivity contribution < 1.29 is 27.3 Å². The first-order chi connectivity index (χ1) is 13.2. The molecule has 1 aromatic heterocycles. The Kier molecular flexibility index (Phi) is 3.64.